The molecule has 0 atom stereocenters. The zero-order valence-corrected chi connectivity index (χ0v) is 17.9. The Bertz CT molecular complexity index is 817. The van der Waals surface area contributed by atoms with E-state index in [9.17, 15) is 20.0 Å². The predicted octanol–water partition coefficient (Wildman–Crippen LogP) is 6.99. The lowest BCUT2D eigenvalue weighted by molar-refractivity contribution is -0.385. The molecular weight excluding hydrogens is 378 g/mol. The van der Waals surface area contributed by atoms with Crippen LogP contribution in [0.15, 0.2) is 42.5 Å². The van der Waals surface area contributed by atoms with Crippen LogP contribution < -0.4 is 0 Å². The summed E-state index contributed by atoms with van der Waals surface area (Å²) in [4.78, 5) is 23.5. The Kier molecular flexibility index (Phi) is 10.1. The van der Waals surface area contributed by atoms with Gasteiger partial charge in [0.15, 0.2) is 5.78 Å². The van der Waals surface area contributed by atoms with Gasteiger partial charge in [-0.3, -0.25) is 14.9 Å². The number of carbonyl (C=O) groups is 1. The standard InChI is InChI=1S/C25H33NO4/c1-2-3-4-5-6-7-8-9-10-12-15-20-18-22(25(28)23(19-20)26(29)30)24(27)21-16-13-11-14-17-21/h11,13-14,16-19,28H,2-10,12,15H2,1H3. The van der Waals surface area contributed by atoms with Gasteiger partial charge in [0.05, 0.1) is 10.5 Å². The van der Waals surface area contributed by atoms with Crippen LogP contribution in [0.5, 0.6) is 5.75 Å². The van der Waals surface area contributed by atoms with Crippen molar-refractivity contribution in [1.29, 1.82) is 0 Å². The van der Waals surface area contributed by atoms with Crippen LogP contribution in [-0.2, 0) is 6.42 Å². The second-order valence-corrected chi connectivity index (χ2v) is 7.90. The molecule has 0 saturated heterocycles. The first kappa shape index (κ1) is 23.6. The highest BCUT2D eigenvalue weighted by molar-refractivity contribution is 6.11. The monoisotopic (exact) mass is 411 g/mol. The molecule has 30 heavy (non-hydrogen) atoms. The SMILES string of the molecule is CCCCCCCCCCCCc1cc(C(=O)c2ccccc2)c(O)c([N+](=O)[O-])c1. The van der Waals surface area contributed by atoms with Gasteiger partial charge in [0.25, 0.3) is 0 Å². The first-order chi connectivity index (χ1) is 14.5. The number of phenolic OH excluding ortho intramolecular Hbond substituents is 1. The molecule has 0 bridgehead atoms. The van der Waals surface area contributed by atoms with Crippen LogP contribution in [0.25, 0.3) is 0 Å². The van der Waals surface area contributed by atoms with Crippen molar-refractivity contribution in [2.24, 2.45) is 0 Å². The van der Waals surface area contributed by atoms with E-state index in [1.165, 1.54) is 51.0 Å². The molecule has 162 valence electrons. The number of hydrogen-bond donors (Lipinski definition) is 1. The van der Waals surface area contributed by atoms with Crippen LogP contribution in [-0.4, -0.2) is 15.8 Å². The number of hydrogen-bond acceptors (Lipinski definition) is 4. The van der Waals surface area contributed by atoms with Crippen LogP contribution >= 0.6 is 0 Å². The summed E-state index contributed by atoms with van der Waals surface area (Å²) in [6, 6.07) is 11.5. The summed E-state index contributed by atoms with van der Waals surface area (Å²) in [5, 5.41) is 21.7. The van der Waals surface area contributed by atoms with Crippen LogP contribution in [0.2, 0.25) is 0 Å². The topological polar surface area (TPSA) is 80.4 Å². The van der Waals surface area contributed by atoms with Gasteiger partial charge in [-0.25, -0.2) is 0 Å². The molecule has 0 radical (unpaired) electrons. The number of aromatic hydroxyl groups is 1. The summed E-state index contributed by atoms with van der Waals surface area (Å²) >= 11 is 0. The number of rotatable bonds is 14. The molecule has 0 heterocycles. The molecule has 0 fully saturated rings. The summed E-state index contributed by atoms with van der Waals surface area (Å²) in [7, 11) is 0. The highest BCUT2D eigenvalue weighted by atomic mass is 16.6. The minimum Gasteiger partial charge on any atom is -0.502 e. The van der Waals surface area contributed by atoms with Gasteiger partial charge in [-0.2, -0.15) is 0 Å². The molecule has 0 spiro atoms. The Morgan fingerprint density at radius 2 is 1.47 bits per heavy atom. The normalized spacial score (nSPS) is 10.8. The molecule has 2 aromatic rings. The number of benzene rings is 2. The number of nitro groups is 1. The maximum absolute atomic E-state index is 12.8. The molecule has 0 saturated carbocycles. The molecule has 0 amide bonds. The van der Waals surface area contributed by atoms with E-state index in [1.54, 1.807) is 36.4 Å². The van der Waals surface area contributed by atoms with E-state index in [0.717, 1.165) is 24.8 Å². The number of carbonyl (C=O) groups excluding carboxylic acids is 1. The number of ketones is 1. The van der Waals surface area contributed by atoms with Crippen molar-refractivity contribution in [2.45, 2.75) is 77.6 Å². The molecule has 1 N–H and O–H groups in total. The Balaban J connectivity index is 1.92. The van der Waals surface area contributed by atoms with Gasteiger partial charge in [0.1, 0.15) is 0 Å². The van der Waals surface area contributed by atoms with E-state index < -0.39 is 22.1 Å². The quantitative estimate of drug-likeness (QED) is 0.157. The van der Waals surface area contributed by atoms with Gasteiger partial charge in [-0.05, 0) is 24.5 Å². The van der Waals surface area contributed by atoms with Crippen molar-refractivity contribution in [1.82, 2.24) is 0 Å². The van der Waals surface area contributed by atoms with Crippen molar-refractivity contribution >= 4 is 11.5 Å². The van der Waals surface area contributed by atoms with Gasteiger partial charge in [-0.1, -0.05) is 95.0 Å². The summed E-state index contributed by atoms with van der Waals surface area (Å²) in [6.07, 6.45) is 12.8. The van der Waals surface area contributed by atoms with Crippen LogP contribution in [0.1, 0.15) is 92.6 Å². The zero-order chi connectivity index (χ0) is 21.8. The lowest BCUT2D eigenvalue weighted by atomic mass is 9.96. The van der Waals surface area contributed by atoms with E-state index >= 15 is 0 Å². The van der Waals surface area contributed by atoms with Crippen LogP contribution in [0.4, 0.5) is 5.69 Å². The number of aryl methyl sites for hydroxylation is 1. The second-order valence-electron chi connectivity index (χ2n) is 7.90. The van der Waals surface area contributed by atoms with Gasteiger partial charge < -0.3 is 5.11 Å². The summed E-state index contributed by atoms with van der Waals surface area (Å²) in [6.45, 7) is 2.23. The van der Waals surface area contributed by atoms with Crippen LogP contribution in [0, 0.1) is 10.1 Å². The fourth-order valence-electron chi connectivity index (χ4n) is 3.70. The maximum Gasteiger partial charge on any atom is 0.311 e. The molecule has 0 aliphatic rings. The molecule has 2 aromatic carbocycles. The third-order valence-corrected chi connectivity index (χ3v) is 5.45. The lowest BCUT2D eigenvalue weighted by Gasteiger charge is -2.09. The van der Waals surface area contributed by atoms with Crippen molar-refractivity contribution in [2.75, 3.05) is 0 Å². The summed E-state index contributed by atoms with van der Waals surface area (Å²) in [5.41, 5.74) is 0.716. The molecule has 0 aliphatic carbocycles. The number of unbranched alkanes of at least 4 members (excludes halogenated alkanes) is 9. The number of nitro benzene ring substituents is 1. The van der Waals surface area contributed by atoms with E-state index in [4.69, 9.17) is 0 Å². The van der Waals surface area contributed by atoms with Crippen LogP contribution in [0.3, 0.4) is 0 Å². The fourth-order valence-corrected chi connectivity index (χ4v) is 3.70. The van der Waals surface area contributed by atoms with Crippen molar-refractivity contribution < 1.29 is 14.8 Å². The third-order valence-electron chi connectivity index (χ3n) is 5.45. The number of nitrogens with zero attached hydrogens (tertiary/aromatic N) is 1. The Hall–Kier alpha value is -2.69. The molecule has 0 aliphatic heterocycles. The Morgan fingerprint density at radius 1 is 0.900 bits per heavy atom. The molecule has 0 aromatic heterocycles. The van der Waals surface area contributed by atoms with Gasteiger partial charge in [-0.15, -0.1) is 0 Å². The van der Waals surface area contributed by atoms with Gasteiger partial charge >= 0.3 is 5.69 Å². The van der Waals surface area contributed by atoms with E-state index in [2.05, 4.69) is 6.92 Å². The average Bonchev–Trinajstić information content (AvgIpc) is 2.75. The minimum absolute atomic E-state index is 0.00233. The van der Waals surface area contributed by atoms with E-state index in [-0.39, 0.29) is 5.56 Å². The largest absolute Gasteiger partial charge is 0.502 e. The van der Waals surface area contributed by atoms with E-state index in [0.29, 0.717) is 12.0 Å². The predicted molar refractivity (Wildman–Crippen MR) is 120 cm³/mol. The zero-order valence-electron chi connectivity index (χ0n) is 17.9. The third kappa shape index (κ3) is 7.29. The van der Waals surface area contributed by atoms with Crippen molar-refractivity contribution in [3.05, 3.63) is 69.3 Å². The van der Waals surface area contributed by atoms with Crippen molar-refractivity contribution in [3.63, 3.8) is 0 Å². The number of phenols is 1. The van der Waals surface area contributed by atoms with Gasteiger partial charge in [0.2, 0.25) is 5.75 Å². The minimum atomic E-state index is -0.626. The second kappa shape index (κ2) is 12.8. The Labute approximate surface area is 179 Å². The Morgan fingerprint density at radius 3 is 2.03 bits per heavy atom. The average molecular weight is 412 g/mol. The molecule has 2 rings (SSSR count). The van der Waals surface area contributed by atoms with Gasteiger partial charge in [0, 0.05) is 11.6 Å². The maximum atomic E-state index is 12.8. The van der Waals surface area contributed by atoms with E-state index in [1.807, 2.05) is 0 Å². The summed E-state index contributed by atoms with van der Waals surface area (Å²) < 4.78 is 0. The molecule has 0 unspecified atom stereocenters. The first-order valence-corrected chi connectivity index (χ1v) is 11.1. The fraction of sp³-hybridized carbons (Fsp3) is 0.480. The smallest absolute Gasteiger partial charge is 0.311 e. The molecule has 5 nitrogen and oxygen atoms in total. The molecule has 5 heteroatoms. The first-order valence-electron chi connectivity index (χ1n) is 11.1. The highest BCUT2D eigenvalue weighted by Gasteiger charge is 2.23. The molecular formula is C25H33NO4. The lowest BCUT2D eigenvalue weighted by Crippen LogP contribution is -2.05. The highest BCUT2D eigenvalue weighted by Crippen LogP contribution is 2.33. The summed E-state index contributed by atoms with van der Waals surface area (Å²) in [5.74, 6) is -0.957. The van der Waals surface area contributed by atoms with Crippen molar-refractivity contribution in [3.8, 4) is 5.75 Å².